The summed E-state index contributed by atoms with van der Waals surface area (Å²) < 4.78 is 5.82. The van der Waals surface area contributed by atoms with E-state index in [0.717, 1.165) is 17.7 Å². The van der Waals surface area contributed by atoms with Gasteiger partial charge in [-0.15, -0.1) is 0 Å². The summed E-state index contributed by atoms with van der Waals surface area (Å²) in [5.41, 5.74) is 4.43. The second-order valence-electron chi connectivity index (χ2n) is 4.07. The van der Waals surface area contributed by atoms with E-state index in [1.165, 1.54) is 21.9 Å². The lowest BCUT2D eigenvalue weighted by atomic mass is 10.0. The van der Waals surface area contributed by atoms with E-state index in [1.54, 1.807) is 0 Å². The first-order chi connectivity index (χ1) is 7.93. The molecule has 0 amide bonds. The van der Waals surface area contributed by atoms with Gasteiger partial charge in [0, 0.05) is 17.0 Å². The third-order valence-corrected chi connectivity index (χ3v) is 3.17. The highest BCUT2D eigenvalue weighted by Crippen LogP contribution is 2.34. The normalized spacial score (nSPS) is 13.8. The van der Waals surface area contributed by atoms with E-state index in [0.29, 0.717) is 0 Å². The largest absolute Gasteiger partial charge is 0.456 e. The molecule has 0 unspecified atom stereocenters. The van der Waals surface area contributed by atoms with Crippen LogP contribution >= 0.6 is 0 Å². The average molecular weight is 207 g/mol. The smallest absolute Gasteiger partial charge is 0.135 e. The van der Waals surface area contributed by atoms with Gasteiger partial charge in [-0.1, -0.05) is 18.2 Å². The first-order valence-electron chi connectivity index (χ1n) is 5.36. The fourth-order valence-corrected chi connectivity index (χ4v) is 2.43. The Labute approximate surface area is 92.2 Å². The fourth-order valence-electron chi connectivity index (χ4n) is 2.43. The van der Waals surface area contributed by atoms with Gasteiger partial charge in [0.2, 0.25) is 0 Å². The van der Waals surface area contributed by atoms with E-state index in [9.17, 15) is 0 Å². The van der Waals surface area contributed by atoms with Gasteiger partial charge < -0.3 is 4.42 Å². The van der Waals surface area contributed by atoms with Crippen LogP contribution in [0.25, 0.3) is 21.9 Å². The Bertz CT molecular complexity index is 737. The molecule has 16 heavy (non-hydrogen) atoms. The van der Waals surface area contributed by atoms with Crippen molar-refractivity contribution in [2.24, 2.45) is 4.99 Å². The summed E-state index contributed by atoms with van der Waals surface area (Å²) in [7, 11) is 0. The standard InChI is InChI=1S/C14H9NO/c1-2-4-12-10(3-1)14-11-8-15-7-9(11)5-6-13(14)16-12/h1-7H,8H2. The van der Waals surface area contributed by atoms with Crippen molar-refractivity contribution < 1.29 is 4.42 Å². The van der Waals surface area contributed by atoms with Crippen LogP contribution in [-0.2, 0) is 6.54 Å². The Kier molecular flexibility index (Phi) is 1.38. The van der Waals surface area contributed by atoms with Crippen LogP contribution in [-0.4, -0.2) is 6.21 Å². The van der Waals surface area contributed by atoms with Crippen molar-refractivity contribution in [3.05, 3.63) is 47.5 Å². The van der Waals surface area contributed by atoms with Crippen LogP contribution < -0.4 is 0 Å². The maximum Gasteiger partial charge on any atom is 0.135 e. The van der Waals surface area contributed by atoms with Crippen LogP contribution in [0.1, 0.15) is 11.1 Å². The third-order valence-electron chi connectivity index (χ3n) is 3.17. The van der Waals surface area contributed by atoms with Crippen LogP contribution in [0.5, 0.6) is 0 Å². The zero-order valence-corrected chi connectivity index (χ0v) is 8.60. The molecule has 1 aromatic heterocycles. The van der Waals surface area contributed by atoms with Crippen molar-refractivity contribution in [3.63, 3.8) is 0 Å². The first kappa shape index (κ1) is 8.11. The number of hydrogen-bond acceptors (Lipinski definition) is 2. The second kappa shape index (κ2) is 2.73. The molecule has 1 aliphatic rings. The zero-order chi connectivity index (χ0) is 10.5. The molecule has 0 radical (unpaired) electrons. The summed E-state index contributed by atoms with van der Waals surface area (Å²) in [6, 6.07) is 12.3. The molecule has 4 rings (SSSR count). The van der Waals surface area contributed by atoms with Crippen LogP contribution in [0.15, 0.2) is 45.8 Å². The Hall–Kier alpha value is -2.09. The lowest BCUT2D eigenvalue weighted by molar-refractivity contribution is 0.668. The molecule has 76 valence electrons. The minimum absolute atomic E-state index is 0.774. The van der Waals surface area contributed by atoms with Gasteiger partial charge in [0.05, 0.1) is 6.54 Å². The number of fused-ring (bicyclic) bond motifs is 5. The quantitative estimate of drug-likeness (QED) is 0.553. The van der Waals surface area contributed by atoms with Crippen LogP contribution in [0.4, 0.5) is 0 Å². The van der Waals surface area contributed by atoms with Gasteiger partial charge in [0.1, 0.15) is 11.2 Å². The van der Waals surface area contributed by atoms with E-state index < -0.39 is 0 Å². The van der Waals surface area contributed by atoms with Gasteiger partial charge in [-0.3, -0.25) is 4.99 Å². The summed E-state index contributed by atoms with van der Waals surface area (Å²) in [5.74, 6) is 0. The molecular weight excluding hydrogens is 198 g/mol. The maximum atomic E-state index is 5.82. The van der Waals surface area contributed by atoms with Crippen molar-refractivity contribution in [2.45, 2.75) is 6.54 Å². The maximum absolute atomic E-state index is 5.82. The van der Waals surface area contributed by atoms with Crippen molar-refractivity contribution in [2.75, 3.05) is 0 Å². The second-order valence-corrected chi connectivity index (χ2v) is 4.07. The van der Waals surface area contributed by atoms with E-state index in [1.807, 2.05) is 30.5 Å². The van der Waals surface area contributed by atoms with E-state index >= 15 is 0 Å². The number of nitrogens with zero attached hydrogens (tertiary/aromatic N) is 1. The summed E-state index contributed by atoms with van der Waals surface area (Å²) >= 11 is 0. The monoisotopic (exact) mass is 207 g/mol. The predicted molar refractivity (Wildman–Crippen MR) is 65.0 cm³/mol. The Morgan fingerprint density at radius 3 is 2.94 bits per heavy atom. The van der Waals surface area contributed by atoms with Crippen LogP contribution in [0, 0.1) is 0 Å². The van der Waals surface area contributed by atoms with Gasteiger partial charge in [-0.05, 0) is 29.3 Å². The van der Waals surface area contributed by atoms with Crippen LogP contribution in [0.2, 0.25) is 0 Å². The molecule has 0 aliphatic carbocycles. The number of aliphatic imine (C=N–C) groups is 1. The predicted octanol–water partition coefficient (Wildman–Crippen LogP) is 3.52. The summed E-state index contributed by atoms with van der Waals surface area (Å²) in [4.78, 5) is 4.32. The minimum atomic E-state index is 0.774. The third kappa shape index (κ3) is 0.890. The highest BCUT2D eigenvalue weighted by molar-refractivity contribution is 6.09. The van der Waals surface area contributed by atoms with Crippen molar-refractivity contribution >= 4 is 28.2 Å². The minimum Gasteiger partial charge on any atom is -0.456 e. The molecule has 1 aliphatic heterocycles. The van der Waals surface area contributed by atoms with Gasteiger partial charge in [0.25, 0.3) is 0 Å². The van der Waals surface area contributed by atoms with Crippen molar-refractivity contribution in [1.29, 1.82) is 0 Å². The van der Waals surface area contributed by atoms with Gasteiger partial charge in [0.15, 0.2) is 0 Å². The molecule has 0 N–H and O–H groups in total. The summed E-state index contributed by atoms with van der Waals surface area (Å²) in [5, 5.41) is 2.42. The lowest BCUT2D eigenvalue weighted by Gasteiger charge is -1.98. The van der Waals surface area contributed by atoms with Crippen molar-refractivity contribution in [3.8, 4) is 0 Å². The summed E-state index contributed by atoms with van der Waals surface area (Å²) in [6.07, 6.45) is 1.94. The Balaban J connectivity index is 2.29. The Morgan fingerprint density at radius 2 is 1.94 bits per heavy atom. The van der Waals surface area contributed by atoms with Crippen molar-refractivity contribution in [1.82, 2.24) is 0 Å². The highest BCUT2D eigenvalue weighted by Gasteiger charge is 2.15. The molecule has 0 spiro atoms. The van der Waals surface area contributed by atoms with E-state index in [2.05, 4.69) is 17.1 Å². The number of rotatable bonds is 0. The molecule has 2 nitrogen and oxygen atoms in total. The van der Waals surface area contributed by atoms with Gasteiger partial charge >= 0.3 is 0 Å². The number of para-hydroxylation sites is 1. The molecule has 0 bridgehead atoms. The SMILES string of the molecule is C1=NCc2c1ccc1oc3ccccc3c21. The number of benzene rings is 2. The average Bonchev–Trinajstić information content (AvgIpc) is 2.91. The zero-order valence-electron chi connectivity index (χ0n) is 8.60. The molecule has 0 fully saturated rings. The summed E-state index contributed by atoms with van der Waals surface area (Å²) in [6.45, 7) is 0.774. The van der Waals surface area contributed by atoms with E-state index in [4.69, 9.17) is 4.42 Å². The Morgan fingerprint density at radius 1 is 1.00 bits per heavy atom. The molecule has 2 heterocycles. The molecule has 0 atom stereocenters. The van der Waals surface area contributed by atoms with Crippen LogP contribution in [0.3, 0.4) is 0 Å². The molecule has 0 saturated heterocycles. The lowest BCUT2D eigenvalue weighted by Crippen LogP contribution is -1.84. The number of hydrogen-bond donors (Lipinski definition) is 0. The highest BCUT2D eigenvalue weighted by atomic mass is 16.3. The molecule has 2 aromatic carbocycles. The van der Waals surface area contributed by atoms with Gasteiger partial charge in [-0.2, -0.15) is 0 Å². The molecular formula is C14H9NO. The molecule has 2 heteroatoms. The first-order valence-corrected chi connectivity index (χ1v) is 5.36. The fraction of sp³-hybridized carbons (Fsp3) is 0.0714. The molecule has 0 saturated carbocycles. The van der Waals surface area contributed by atoms with E-state index in [-0.39, 0.29) is 0 Å². The van der Waals surface area contributed by atoms with Gasteiger partial charge in [-0.25, -0.2) is 0 Å². The molecule has 3 aromatic rings. The topological polar surface area (TPSA) is 25.5 Å². The number of furan rings is 1.